The molecular formula is C23H21N3O3. The molecule has 0 bridgehead atoms. The van der Waals surface area contributed by atoms with Gasteiger partial charge in [0.1, 0.15) is 18.2 Å². The van der Waals surface area contributed by atoms with Gasteiger partial charge in [-0.2, -0.15) is 0 Å². The average molecular weight is 387 g/mol. The van der Waals surface area contributed by atoms with Gasteiger partial charge in [0.05, 0.1) is 12.2 Å². The molecule has 1 aliphatic rings. The zero-order chi connectivity index (χ0) is 20.4. The summed E-state index contributed by atoms with van der Waals surface area (Å²) in [5, 5.41) is 5.71. The molecule has 1 aliphatic heterocycles. The van der Waals surface area contributed by atoms with Crippen molar-refractivity contribution in [1.29, 1.82) is 0 Å². The lowest BCUT2D eigenvalue weighted by Gasteiger charge is -2.22. The number of carbonyl (C=O) groups excluding carboxylic acids is 2. The topological polar surface area (TPSA) is 80.3 Å². The molecule has 2 aromatic carbocycles. The Balaban J connectivity index is 1.58. The number of amides is 2. The molecule has 1 aromatic heterocycles. The molecule has 146 valence electrons. The summed E-state index contributed by atoms with van der Waals surface area (Å²) >= 11 is 0. The molecule has 0 spiro atoms. The van der Waals surface area contributed by atoms with Crippen LogP contribution in [0.2, 0.25) is 0 Å². The molecule has 29 heavy (non-hydrogen) atoms. The smallest absolute Gasteiger partial charge is 0.251 e. The number of pyridine rings is 1. The molecule has 2 N–H and O–H groups in total. The Bertz CT molecular complexity index is 1080. The minimum atomic E-state index is -0.186. The number of anilines is 1. The van der Waals surface area contributed by atoms with Gasteiger partial charge in [-0.05, 0) is 41.8 Å². The standard InChI is InChI=1S/C23H21N3O3/c1-14(16-6-4-3-5-7-16)25-23(28)17-8-9-19-18(10-17)13-29-21-12-24-22(11-20(19)21)26-15(2)27/h3-12,14H,13H2,1-2H3,(H,25,28)(H,24,26,27)/t14-/m1/s1. The highest BCUT2D eigenvalue weighted by Crippen LogP contribution is 2.38. The Morgan fingerprint density at radius 3 is 2.62 bits per heavy atom. The number of nitrogens with one attached hydrogen (secondary N) is 2. The van der Waals surface area contributed by atoms with Crippen LogP contribution < -0.4 is 15.4 Å². The van der Waals surface area contributed by atoms with Crippen molar-refractivity contribution < 1.29 is 14.3 Å². The number of benzene rings is 2. The third-order valence-electron chi connectivity index (χ3n) is 4.86. The third-order valence-corrected chi connectivity index (χ3v) is 4.86. The fourth-order valence-corrected chi connectivity index (χ4v) is 3.39. The second kappa shape index (κ2) is 7.75. The minimum Gasteiger partial charge on any atom is -0.487 e. The molecule has 3 aromatic rings. The van der Waals surface area contributed by atoms with Crippen LogP contribution in [0.5, 0.6) is 5.75 Å². The summed E-state index contributed by atoms with van der Waals surface area (Å²) in [7, 11) is 0. The van der Waals surface area contributed by atoms with Gasteiger partial charge in [0.2, 0.25) is 5.91 Å². The molecule has 0 radical (unpaired) electrons. The van der Waals surface area contributed by atoms with Crippen molar-refractivity contribution >= 4 is 17.6 Å². The zero-order valence-electron chi connectivity index (χ0n) is 16.2. The lowest BCUT2D eigenvalue weighted by molar-refractivity contribution is -0.114. The summed E-state index contributed by atoms with van der Waals surface area (Å²) in [5.41, 5.74) is 4.35. The van der Waals surface area contributed by atoms with Crippen LogP contribution in [0.25, 0.3) is 11.1 Å². The molecule has 4 rings (SSSR count). The fourth-order valence-electron chi connectivity index (χ4n) is 3.39. The second-order valence-electron chi connectivity index (χ2n) is 7.01. The summed E-state index contributed by atoms with van der Waals surface area (Å²) < 4.78 is 5.79. The molecule has 2 heterocycles. The number of hydrogen-bond donors (Lipinski definition) is 2. The summed E-state index contributed by atoms with van der Waals surface area (Å²) in [6.07, 6.45) is 1.60. The minimum absolute atomic E-state index is 0.0944. The molecule has 6 heteroatoms. The van der Waals surface area contributed by atoms with Crippen LogP contribution in [-0.4, -0.2) is 16.8 Å². The van der Waals surface area contributed by atoms with Crippen LogP contribution in [0.3, 0.4) is 0 Å². The van der Waals surface area contributed by atoms with Gasteiger partial charge in [0.15, 0.2) is 0 Å². The maximum atomic E-state index is 12.7. The number of fused-ring (bicyclic) bond motifs is 3. The van der Waals surface area contributed by atoms with Crippen molar-refractivity contribution in [1.82, 2.24) is 10.3 Å². The number of carbonyl (C=O) groups is 2. The van der Waals surface area contributed by atoms with Crippen molar-refractivity contribution in [3.05, 3.63) is 77.5 Å². The van der Waals surface area contributed by atoms with E-state index in [1.54, 1.807) is 18.3 Å². The van der Waals surface area contributed by atoms with E-state index in [4.69, 9.17) is 4.74 Å². The van der Waals surface area contributed by atoms with Crippen molar-refractivity contribution in [2.45, 2.75) is 26.5 Å². The highest BCUT2D eigenvalue weighted by atomic mass is 16.5. The van der Waals surface area contributed by atoms with Gasteiger partial charge in [0, 0.05) is 18.1 Å². The number of hydrogen-bond acceptors (Lipinski definition) is 4. The first-order chi connectivity index (χ1) is 14.0. The van der Waals surface area contributed by atoms with E-state index in [2.05, 4.69) is 15.6 Å². The maximum absolute atomic E-state index is 12.7. The van der Waals surface area contributed by atoms with E-state index >= 15 is 0 Å². The van der Waals surface area contributed by atoms with Gasteiger partial charge in [0.25, 0.3) is 5.91 Å². The predicted octanol–water partition coefficient (Wildman–Crippen LogP) is 4.09. The number of nitrogens with zero attached hydrogens (tertiary/aromatic N) is 1. The van der Waals surface area contributed by atoms with Crippen LogP contribution in [0.4, 0.5) is 5.82 Å². The van der Waals surface area contributed by atoms with Crippen LogP contribution in [0.15, 0.2) is 60.8 Å². The number of aromatic nitrogens is 1. The van der Waals surface area contributed by atoms with Gasteiger partial charge in [-0.25, -0.2) is 4.98 Å². The van der Waals surface area contributed by atoms with Gasteiger partial charge in [-0.3, -0.25) is 9.59 Å². The lowest BCUT2D eigenvalue weighted by Crippen LogP contribution is -2.26. The van der Waals surface area contributed by atoms with Crippen molar-refractivity contribution in [2.24, 2.45) is 0 Å². The van der Waals surface area contributed by atoms with Gasteiger partial charge in [-0.1, -0.05) is 36.4 Å². The first kappa shape index (κ1) is 18.7. The SMILES string of the molecule is CC(=O)Nc1cc2c(cn1)OCc1cc(C(=O)N[C@H](C)c3ccccc3)ccc1-2. The Labute approximate surface area is 168 Å². The molecule has 0 saturated heterocycles. The normalized spacial score (nSPS) is 12.8. The summed E-state index contributed by atoms with van der Waals surface area (Å²) in [6.45, 7) is 3.76. The quantitative estimate of drug-likeness (QED) is 0.707. The van der Waals surface area contributed by atoms with E-state index in [9.17, 15) is 9.59 Å². The highest BCUT2D eigenvalue weighted by molar-refractivity contribution is 5.96. The fraction of sp³-hybridized carbons (Fsp3) is 0.174. The van der Waals surface area contributed by atoms with E-state index in [1.165, 1.54) is 6.92 Å². The van der Waals surface area contributed by atoms with Crippen LogP contribution in [-0.2, 0) is 11.4 Å². The summed E-state index contributed by atoms with van der Waals surface area (Å²) in [5.74, 6) is 0.797. The highest BCUT2D eigenvalue weighted by Gasteiger charge is 2.21. The van der Waals surface area contributed by atoms with Crippen LogP contribution in [0, 0.1) is 0 Å². The Kier molecular flexibility index (Phi) is 4.99. The van der Waals surface area contributed by atoms with E-state index in [0.29, 0.717) is 23.7 Å². The van der Waals surface area contributed by atoms with Gasteiger partial charge >= 0.3 is 0 Å². The lowest BCUT2D eigenvalue weighted by atomic mass is 9.95. The van der Waals surface area contributed by atoms with Crippen LogP contribution in [0.1, 0.15) is 41.4 Å². The summed E-state index contributed by atoms with van der Waals surface area (Å²) in [6, 6.07) is 17.1. The Morgan fingerprint density at radius 1 is 1.07 bits per heavy atom. The zero-order valence-corrected chi connectivity index (χ0v) is 16.2. The molecule has 0 saturated carbocycles. The maximum Gasteiger partial charge on any atom is 0.251 e. The molecule has 6 nitrogen and oxygen atoms in total. The van der Waals surface area contributed by atoms with Crippen LogP contribution >= 0.6 is 0 Å². The van der Waals surface area contributed by atoms with Crippen molar-refractivity contribution in [3.63, 3.8) is 0 Å². The van der Waals surface area contributed by atoms with E-state index < -0.39 is 0 Å². The van der Waals surface area contributed by atoms with E-state index in [0.717, 1.165) is 22.3 Å². The first-order valence-corrected chi connectivity index (χ1v) is 9.41. The van der Waals surface area contributed by atoms with E-state index in [-0.39, 0.29) is 17.9 Å². The second-order valence-corrected chi connectivity index (χ2v) is 7.01. The largest absolute Gasteiger partial charge is 0.487 e. The monoisotopic (exact) mass is 387 g/mol. The molecule has 0 unspecified atom stereocenters. The average Bonchev–Trinajstić information content (AvgIpc) is 2.73. The molecule has 1 atom stereocenters. The molecule has 0 aliphatic carbocycles. The molecular weight excluding hydrogens is 366 g/mol. The number of ether oxygens (including phenoxy) is 1. The number of rotatable bonds is 4. The van der Waals surface area contributed by atoms with Crippen molar-refractivity contribution in [2.75, 3.05) is 5.32 Å². The molecule has 0 fully saturated rings. The molecule has 2 amide bonds. The Hall–Kier alpha value is -3.67. The van der Waals surface area contributed by atoms with Crippen molar-refractivity contribution in [3.8, 4) is 16.9 Å². The third kappa shape index (κ3) is 3.96. The predicted molar refractivity (Wildman–Crippen MR) is 111 cm³/mol. The van der Waals surface area contributed by atoms with Gasteiger partial charge in [-0.15, -0.1) is 0 Å². The van der Waals surface area contributed by atoms with Gasteiger partial charge < -0.3 is 15.4 Å². The summed E-state index contributed by atoms with van der Waals surface area (Å²) in [4.78, 5) is 28.2. The first-order valence-electron chi connectivity index (χ1n) is 9.41. The Morgan fingerprint density at radius 2 is 1.86 bits per heavy atom. The van der Waals surface area contributed by atoms with E-state index in [1.807, 2.05) is 49.4 Å².